The Hall–Kier alpha value is -3.07. The van der Waals surface area contributed by atoms with Crippen LogP contribution in [-0.2, 0) is 15.3 Å². The smallest absolute Gasteiger partial charge is 0.276 e. The maximum atomic E-state index is 12.8. The highest BCUT2D eigenvalue weighted by Gasteiger charge is 2.10. The first-order valence-corrected chi connectivity index (χ1v) is 9.76. The van der Waals surface area contributed by atoms with E-state index in [9.17, 15) is 18.8 Å². The number of hydrogen-bond donors (Lipinski definition) is 2. The Morgan fingerprint density at radius 1 is 1.03 bits per heavy atom. The van der Waals surface area contributed by atoms with Crippen molar-refractivity contribution in [2.24, 2.45) is 0 Å². The van der Waals surface area contributed by atoms with Crippen molar-refractivity contribution in [3.63, 3.8) is 0 Å². The second kappa shape index (κ2) is 11.1. The summed E-state index contributed by atoms with van der Waals surface area (Å²) in [5.41, 5.74) is 5.90. The second-order valence-corrected chi connectivity index (χ2v) is 6.90. The van der Waals surface area contributed by atoms with Gasteiger partial charge in [-0.3, -0.25) is 25.2 Å². The highest BCUT2D eigenvalue weighted by atomic mass is 32.2. The zero-order chi connectivity index (χ0) is 21.2. The Morgan fingerprint density at radius 2 is 1.72 bits per heavy atom. The number of hydrogen-bond acceptors (Lipinski definition) is 6. The number of Topliss-reactive ketones (excluding diaryl/α,β-unsaturated/α-hetero) is 1. The normalized spacial score (nSPS) is 10.2. The monoisotopic (exact) mass is 420 g/mol. The van der Waals surface area contributed by atoms with Crippen LogP contribution in [0, 0.1) is 5.82 Å². The molecule has 2 N–H and O–H groups in total. The van der Waals surface area contributed by atoms with Gasteiger partial charge in [-0.2, -0.15) is 0 Å². The highest BCUT2D eigenvalue weighted by molar-refractivity contribution is 7.99. The van der Waals surface area contributed by atoms with Gasteiger partial charge in [0.1, 0.15) is 17.3 Å². The van der Waals surface area contributed by atoms with Gasteiger partial charge >= 0.3 is 0 Å². The lowest BCUT2D eigenvalue weighted by molar-refractivity contribution is -0.128. The summed E-state index contributed by atoms with van der Waals surface area (Å²) < 4.78 is 23.2. The van der Waals surface area contributed by atoms with Crippen LogP contribution < -0.4 is 20.3 Å². The van der Waals surface area contributed by atoms with Gasteiger partial charge < -0.3 is 9.47 Å². The van der Waals surface area contributed by atoms with E-state index < -0.39 is 17.6 Å². The zero-order valence-corrected chi connectivity index (χ0v) is 16.8. The van der Waals surface area contributed by atoms with Crippen LogP contribution in [0.4, 0.5) is 4.39 Å². The quantitative estimate of drug-likeness (QED) is 0.478. The number of ether oxygens (including phenoxy) is 2. The largest absolute Gasteiger partial charge is 0.496 e. The third kappa shape index (κ3) is 7.46. The van der Waals surface area contributed by atoms with E-state index in [1.807, 2.05) is 0 Å². The van der Waals surface area contributed by atoms with Gasteiger partial charge in [0.2, 0.25) is 5.91 Å². The molecule has 0 saturated heterocycles. The van der Waals surface area contributed by atoms with Crippen LogP contribution in [0.2, 0.25) is 0 Å². The first-order chi connectivity index (χ1) is 13.9. The van der Waals surface area contributed by atoms with E-state index in [-0.39, 0.29) is 18.1 Å². The van der Waals surface area contributed by atoms with Crippen molar-refractivity contribution in [1.82, 2.24) is 10.9 Å². The van der Waals surface area contributed by atoms with Crippen LogP contribution in [-0.4, -0.2) is 37.1 Å². The molecule has 154 valence electrons. The Kier molecular flexibility index (Phi) is 8.47. The Bertz CT molecular complexity index is 874. The Morgan fingerprint density at radius 3 is 2.38 bits per heavy atom. The molecule has 2 aromatic rings. The molecule has 0 radical (unpaired) electrons. The van der Waals surface area contributed by atoms with Crippen LogP contribution in [0.15, 0.2) is 42.5 Å². The molecule has 0 aliphatic rings. The number of carbonyl (C=O) groups excluding carboxylic acids is 3. The highest BCUT2D eigenvalue weighted by Crippen LogP contribution is 2.24. The fourth-order valence-electron chi connectivity index (χ4n) is 2.26. The van der Waals surface area contributed by atoms with Crippen molar-refractivity contribution in [2.45, 2.75) is 12.7 Å². The summed E-state index contributed by atoms with van der Waals surface area (Å²) in [6.45, 7) is 1.16. The molecule has 2 rings (SSSR count). The van der Waals surface area contributed by atoms with E-state index in [0.717, 1.165) is 5.56 Å². The van der Waals surface area contributed by atoms with Crippen LogP contribution in [0.25, 0.3) is 0 Å². The number of hydrazine groups is 1. The van der Waals surface area contributed by atoms with Gasteiger partial charge in [-0.15, -0.1) is 11.8 Å². The predicted octanol–water partition coefficient (Wildman–Crippen LogP) is 2.50. The molecular formula is C20H21FN2O5S. The molecule has 9 heteroatoms. The fourth-order valence-corrected chi connectivity index (χ4v) is 3.06. The van der Waals surface area contributed by atoms with Crippen molar-refractivity contribution < 1.29 is 28.2 Å². The van der Waals surface area contributed by atoms with E-state index in [1.54, 1.807) is 18.2 Å². The summed E-state index contributed by atoms with van der Waals surface area (Å²) in [6.07, 6.45) is 0. The van der Waals surface area contributed by atoms with E-state index in [2.05, 4.69) is 10.9 Å². The predicted molar refractivity (Wildman–Crippen MR) is 107 cm³/mol. The summed E-state index contributed by atoms with van der Waals surface area (Å²) in [4.78, 5) is 35.1. The van der Waals surface area contributed by atoms with Crippen LogP contribution in [0.5, 0.6) is 11.5 Å². The molecule has 0 spiro atoms. The average Bonchev–Trinajstić information content (AvgIpc) is 2.71. The number of ketones is 1. The molecule has 2 amide bonds. The number of methoxy groups -OCH3 is 1. The number of rotatable bonds is 9. The van der Waals surface area contributed by atoms with Crippen LogP contribution >= 0.6 is 11.8 Å². The first-order valence-electron chi connectivity index (χ1n) is 8.60. The van der Waals surface area contributed by atoms with Crippen molar-refractivity contribution >= 4 is 29.4 Å². The summed E-state index contributed by atoms with van der Waals surface area (Å²) in [5.74, 6) is 0.111. The van der Waals surface area contributed by atoms with E-state index in [0.29, 0.717) is 22.8 Å². The fraction of sp³-hybridized carbons (Fsp3) is 0.250. The van der Waals surface area contributed by atoms with E-state index in [1.165, 1.54) is 50.1 Å². The van der Waals surface area contributed by atoms with Crippen LogP contribution in [0.1, 0.15) is 22.8 Å². The van der Waals surface area contributed by atoms with Gasteiger partial charge in [-0.1, -0.05) is 0 Å². The summed E-state index contributed by atoms with van der Waals surface area (Å²) >= 11 is 1.31. The van der Waals surface area contributed by atoms with Gasteiger partial charge in [0.05, 0.1) is 12.9 Å². The summed E-state index contributed by atoms with van der Waals surface area (Å²) in [6, 6.07) is 10.4. The minimum absolute atomic E-state index is 0.0535. The number of amides is 2. The number of carbonyl (C=O) groups is 3. The van der Waals surface area contributed by atoms with Crippen molar-refractivity contribution in [2.75, 3.05) is 19.5 Å². The first kappa shape index (κ1) is 22.2. The molecule has 2 aromatic carbocycles. The summed E-state index contributed by atoms with van der Waals surface area (Å²) in [7, 11) is 1.53. The molecule has 0 atom stereocenters. The van der Waals surface area contributed by atoms with Crippen LogP contribution in [0.3, 0.4) is 0 Å². The molecule has 29 heavy (non-hydrogen) atoms. The molecule has 0 fully saturated rings. The van der Waals surface area contributed by atoms with Crippen molar-refractivity contribution in [1.29, 1.82) is 0 Å². The lowest BCUT2D eigenvalue weighted by atomic mass is 10.1. The SMILES string of the molecule is COc1ccc(C(C)=O)cc1CSCC(=O)NNC(=O)COc1ccc(F)cc1. The lowest BCUT2D eigenvalue weighted by Crippen LogP contribution is -2.44. The lowest BCUT2D eigenvalue weighted by Gasteiger charge is -2.11. The molecule has 7 nitrogen and oxygen atoms in total. The minimum Gasteiger partial charge on any atom is -0.496 e. The molecule has 0 aliphatic carbocycles. The molecule has 0 bridgehead atoms. The number of thioether (sulfide) groups is 1. The van der Waals surface area contributed by atoms with Crippen molar-refractivity contribution in [3.05, 3.63) is 59.4 Å². The minimum atomic E-state index is -0.552. The molecule has 0 aliphatic heterocycles. The second-order valence-electron chi connectivity index (χ2n) is 5.91. The standard InChI is InChI=1S/C20H21FN2O5S/c1-13(24)14-3-8-18(27-2)15(9-14)11-29-12-20(26)23-22-19(25)10-28-17-6-4-16(21)5-7-17/h3-9H,10-12H2,1-2H3,(H,22,25)(H,23,26). The van der Waals surface area contributed by atoms with E-state index >= 15 is 0 Å². The molecule has 0 heterocycles. The zero-order valence-electron chi connectivity index (χ0n) is 16.0. The summed E-state index contributed by atoms with van der Waals surface area (Å²) in [5, 5.41) is 0. The van der Waals surface area contributed by atoms with Gasteiger partial charge in [-0.25, -0.2) is 4.39 Å². The number of halogens is 1. The third-order valence-electron chi connectivity index (χ3n) is 3.70. The molecular weight excluding hydrogens is 399 g/mol. The Balaban J connectivity index is 1.71. The maximum absolute atomic E-state index is 12.8. The van der Waals surface area contributed by atoms with Gasteiger partial charge in [0, 0.05) is 16.9 Å². The van der Waals surface area contributed by atoms with Gasteiger partial charge in [0.15, 0.2) is 12.4 Å². The molecule has 0 saturated carbocycles. The van der Waals surface area contributed by atoms with Gasteiger partial charge in [-0.05, 0) is 49.4 Å². The number of nitrogens with one attached hydrogen (secondary N) is 2. The van der Waals surface area contributed by atoms with Gasteiger partial charge in [0.25, 0.3) is 5.91 Å². The van der Waals surface area contributed by atoms with E-state index in [4.69, 9.17) is 9.47 Å². The Labute approximate surface area is 171 Å². The third-order valence-corrected chi connectivity index (χ3v) is 4.68. The average molecular weight is 420 g/mol. The van der Waals surface area contributed by atoms with Crippen molar-refractivity contribution in [3.8, 4) is 11.5 Å². The number of benzene rings is 2. The topological polar surface area (TPSA) is 93.7 Å². The molecule has 0 aromatic heterocycles. The molecule has 0 unspecified atom stereocenters. The maximum Gasteiger partial charge on any atom is 0.276 e.